The number of halogens is 3. The number of benzene rings is 2. The maximum Gasteiger partial charge on any atom is 0.407 e. The third kappa shape index (κ3) is 9.50. The van der Waals surface area contributed by atoms with E-state index in [1.54, 1.807) is 52.9 Å². The molecule has 1 saturated heterocycles. The summed E-state index contributed by atoms with van der Waals surface area (Å²) < 4.78 is 58.7. The molecule has 3 aromatic heterocycles. The summed E-state index contributed by atoms with van der Waals surface area (Å²) in [4.78, 5) is 45.3. The highest BCUT2D eigenvalue weighted by Gasteiger charge is 2.49. The average Bonchev–Trinajstić information content (AvgIpc) is 4.06. The number of aliphatic hydroxyl groups excluding tert-OH is 1. The molecule has 63 heavy (non-hydrogen) atoms. The summed E-state index contributed by atoms with van der Waals surface area (Å²) in [6.07, 6.45) is 0.00659. The molecule has 1 fully saturated rings. The largest absolute Gasteiger partial charge is 0.478 e. The first-order chi connectivity index (χ1) is 30.2. The number of nitrogens with one attached hydrogen (secondary N) is 3. The Kier molecular flexibility index (Phi) is 13.4. The monoisotopic (exact) mass is 893 g/mol. The molecule has 7 rings (SSSR count). The zero-order valence-electron chi connectivity index (χ0n) is 35.0. The first-order valence-corrected chi connectivity index (χ1v) is 20.4. The Labute approximate surface area is 363 Å². The number of aryl methyl sites for hydroxylation is 2. The lowest BCUT2D eigenvalue weighted by molar-refractivity contribution is -0.265. The minimum atomic E-state index is -1.50. The van der Waals surface area contributed by atoms with Gasteiger partial charge in [-0.3, -0.25) is 14.3 Å². The van der Waals surface area contributed by atoms with Crippen LogP contribution in [0.1, 0.15) is 24.0 Å². The molecule has 0 spiro atoms. The fourth-order valence-electron chi connectivity index (χ4n) is 7.04. The second-order valence-electron chi connectivity index (χ2n) is 14.7. The van der Waals surface area contributed by atoms with Crippen LogP contribution in [0.3, 0.4) is 0 Å². The lowest BCUT2D eigenvalue weighted by Gasteiger charge is -2.41. The van der Waals surface area contributed by atoms with Gasteiger partial charge in [-0.05, 0) is 36.6 Å². The third-order valence-corrected chi connectivity index (χ3v) is 11.8. The average molecular weight is 894 g/mol. The van der Waals surface area contributed by atoms with E-state index in [1.165, 1.54) is 26.3 Å². The van der Waals surface area contributed by atoms with Gasteiger partial charge in [0.05, 0.1) is 39.3 Å². The van der Waals surface area contributed by atoms with E-state index in [4.69, 9.17) is 14.3 Å². The van der Waals surface area contributed by atoms with Crippen molar-refractivity contribution in [1.82, 2.24) is 50.0 Å². The van der Waals surface area contributed by atoms with E-state index in [9.17, 15) is 19.1 Å². The summed E-state index contributed by atoms with van der Waals surface area (Å²) >= 11 is 1.12. The van der Waals surface area contributed by atoms with Crippen molar-refractivity contribution in [1.29, 1.82) is 0 Å². The van der Waals surface area contributed by atoms with E-state index >= 15 is 8.78 Å². The lowest BCUT2D eigenvalue weighted by atomic mass is 10.0. The number of carbonyl (C=O) groups excluding carboxylic acids is 2. The highest BCUT2D eigenvalue weighted by molar-refractivity contribution is 8.15. The number of carbonyl (C=O) groups is 2. The quantitative estimate of drug-likeness (QED) is 0.0454. The van der Waals surface area contributed by atoms with Gasteiger partial charge >= 0.3 is 6.09 Å². The maximum atomic E-state index is 15.5. The molecule has 2 aromatic carbocycles. The number of alkyl carbamates (subject to hydrolysis) is 1. The summed E-state index contributed by atoms with van der Waals surface area (Å²) in [7, 11) is 7.85. The van der Waals surface area contributed by atoms with Crippen molar-refractivity contribution in [3.8, 4) is 5.88 Å². The smallest absolute Gasteiger partial charge is 0.407 e. The zero-order valence-corrected chi connectivity index (χ0v) is 35.8. The molecule has 2 aliphatic rings. The van der Waals surface area contributed by atoms with Gasteiger partial charge in [0, 0.05) is 45.4 Å². The van der Waals surface area contributed by atoms with Crippen LogP contribution in [0.5, 0.6) is 5.88 Å². The number of rotatable bonds is 17. The molecule has 0 radical (unpaired) electrons. The standard InChI is InChI=1S/C40H46F3N13O6S/c1-23(34(57)47-29-20-55(18-28(29)43)37-48-32(31-33(49-37)52(2)22-45-31)46-30-19-53(3)50-35(30)60-5)21-62-38(58)44-16-10-15-40(24-11-8-7-9-12-24)56(39(59)54(4)61-6)51-36(63-40)26-17-25(41)13-14-27(26)42/h7-9,11-14,17,19,22,28-29,39,59H,1,10,15-16,18,20-21H2,2-6H3,(H,44,58)(H,47,57)(H,46,48,49)/t28-,29-,39?,40+/m1/s1. The Balaban J connectivity index is 0.943. The fraction of sp³-hybridized carbons (Fsp3) is 0.375. The summed E-state index contributed by atoms with van der Waals surface area (Å²) in [6, 6.07) is 11.1. The van der Waals surface area contributed by atoms with E-state index in [2.05, 4.69) is 47.7 Å². The normalized spacial score (nSPS) is 19.0. The molecule has 2 amide bonds. The molecule has 5 aromatic rings. The number of hydrogen-bond acceptors (Lipinski definition) is 16. The van der Waals surface area contributed by atoms with Crippen LogP contribution in [0.2, 0.25) is 0 Å². The van der Waals surface area contributed by atoms with Crippen LogP contribution in [0.25, 0.3) is 11.2 Å². The number of fused-ring (bicyclic) bond motifs is 1. The number of amides is 2. The SMILES string of the molecule is C=C(COC(=O)NCCC[C@@]1(c2ccccc2)SC(c2cc(F)ccc2F)=NN1C(O)N(C)OC)C(=O)N[C@@H]1CN(c2nc(Nc3cn(C)nc3OC)c3ncn(C)c3n2)C[C@H]1F. The van der Waals surface area contributed by atoms with Crippen LogP contribution in [0, 0.1) is 11.6 Å². The molecular formula is C40H46F3N13O6S. The summed E-state index contributed by atoms with van der Waals surface area (Å²) in [5.74, 6) is -1.19. The third-order valence-electron chi connectivity index (χ3n) is 10.3. The molecule has 4 N–H and O–H groups in total. The van der Waals surface area contributed by atoms with E-state index < -0.39 is 53.7 Å². The highest BCUT2D eigenvalue weighted by atomic mass is 32.2. The van der Waals surface area contributed by atoms with Crippen LogP contribution in [0.4, 0.5) is 35.4 Å². The zero-order chi connectivity index (χ0) is 45.0. The fourth-order valence-corrected chi connectivity index (χ4v) is 8.48. The van der Waals surface area contributed by atoms with Gasteiger partial charge in [-0.25, -0.2) is 28.0 Å². The van der Waals surface area contributed by atoms with Gasteiger partial charge in [-0.15, -0.1) is 10.2 Å². The van der Waals surface area contributed by atoms with Gasteiger partial charge < -0.3 is 40.0 Å². The topological polar surface area (TPSA) is 202 Å². The Morgan fingerprint density at radius 2 is 1.90 bits per heavy atom. The van der Waals surface area contributed by atoms with Crippen LogP contribution >= 0.6 is 11.8 Å². The first-order valence-electron chi connectivity index (χ1n) is 19.6. The molecular weight excluding hydrogens is 848 g/mol. The van der Waals surface area contributed by atoms with Crippen molar-refractivity contribution >= 4 is 57.4 Å². The van der Waals surface area contributed by atoms with Gasteiger partial charge in [-0.1, -0.05) is 48.7 Å². The van der Waals surface area contributed by atoms with Crippen LogP contribution in [-0.2, 0) is 33.3 Å². The predicted molar refractivity (Wildman–Crippen MR) is 227 cm³/mol. The molecule has 0 aliphatic carbocycles. The van der Waals surface area contributed by atoms with E-state index in [0.717, 1.165) is 35.0 Å². The van der Waals surface area contributed by atoms with Crippen molar-refractivity contribution in [2.75, 3.05) is 57.7 Å². The second kappa shape index (κ2) is 18.9. The molecule has 2 aliphatic heterocycles. The van der Waals surface area contributed by atoms with Crippen LogP contribution in [0.15, 0.2) is 78.3 Å². The van der Waals surface area contributed by atoms with Crippen molar-refractivity contribution in [3.63, 3.8) is 0 Å². The molecule has 0 bridgehead atoms. The number of ether oxygens (including phenoxy) is 2. The van der Waals surface area contributed by atoms with E-state index in [-0.39, 0.29) is 54.6 Å². The van der Waals surface area contributed by atoms with Crippen molar-refractivity contribution in [2.45, 2.75) is 36.3 Å². The number of hydroxylamine groups is 2. The number of thioether (sulfide) groups is 1. The Morgan fingerprint density at radius 1 is 1.13 bits per heavy atom. The Bertz CT molecular complexity index is 2510. The van der Waals surface area contributed by atoms with E-state index in [0.29, 0.717) is 34.1 Å². The number of aliphatic hydroxyl groups is 1. The molecule has 19 nitrogen and oxygen atoms in total. The first kappa shape index (κ1) is 44.6. The minimum Gasteiger partial charge on any atom is -0.478 e. The van der Waals surface area contributed by atoms with Crippen molar-refractivity contribution < 1.29 is 42.2 Å². The second-order valence-corrected chi connectivity index (χ2v) is 15.9. The van der Waals surface area contributed by atoms with Crippen LogP contribution < -0.4 is 25.6 Å². The Hall–Kier alpha value is -6.43. The number of aromatic nitrogens is 6. The van der Waals surface area contributed by atoms with Gasteiger partial charge in [0.25, 0.3) is 5.88 Å². The number of methoxy groups -OCH3 is 1. The molecule has 1 unspecified atom stereocenters. The number of hydrazone groups is 1. The number of alkyl halides is 1. The predicted octanol–water partition coefficient (Wildman–Crippen LogP) is 3.87. The maximum absolute atomic E-state index is 15.5. The molecule has 0 saturated carbocycles. The van der Waals surface area contributed by atoms with Gasteiger partial charge in [-0.2, -0.15) is 15.1 Å². The minimum absolute atomic E-state index is 0.0310. The number of anilines is 3. The molecule has 23 heteroatoms. The summed E-state index contributed by atoms with van der Waals surface area (Å²) in [5, 5.41) is 31.3. The summed E-state index contributed by atoms with van der Waals surface area (Å²) in [6.45, 7) is 3.24. The van der Waals surface area contributed by atoms with Crippen molar-refractivity contribution in [3.05, 3.63) is 96.0 Å². The molecule has 334 valence electrons. The lowest BCUT2D eigenvalue weighted by Crippen LogP contribution is -2.51. The Morgan fingerprint density at radius 3 is 2.65 bits per heavy atom. The van der Waals surface area contributed by atoms with Gasteiger partial charge in [0.1, 0.15) is 40.0 Å². The van der Waals surface area contributed by atoms with Gasteiger partial charge in [0.15, 0.2) is 17.0 Å². The van der Waals surface area contributed by atoms with E-state index in [1.807, 2.05) is 18.2 Å². The highest BCUT2D eigenvalue weighted by Crippen LogP contribution is 2.51. The number of hydrogen-bond donors (Lipinski definition) is 4. The number of nitrogens with zero attached hydrogens (tertiary/aromatic N) is 10. The molecule has 5 heterocycles. The number of imidazole rings is 1. The van der Waals surface area contributed by atoms with Crippen LogP contribution in [-0.4, -0.2) is 128 Å². The molecule has 4 atom stereocenters. The summed E-state index contributed by atoms with van der Waals surface area (Å²) in [5.41, 5.74) is 1.97. The van der Waals surface area contributed by atoms with Crippen molar-refractivity contribution in [2.24, 2.45) is 19.2 Å². The van der Waals surface area contributed by atoms with Gasteiger partial charge in [0.2, 0.25) is 18.2 Å².